The van der Waals surface area contributed by atoms with Crippen molar-refractivity contribution in [3.05, 3.63) is 64.3 Å². The number of nitrogens with one attached hydrogen (secondary N) is 1. The van der Waals surface area contributed by atoms with Crippen molar-refractivity contribution in [1.29, 1.82) is 15.8 Å². The molecule has 2 aromatic rings. The van der Waals surface area contributed by atoms with Crippen LogP contribution in [0.5, 0.6) is 0 Å². The number of allylic oxidation sites excluding steroid dienone is 2. The van der Waals surface area contributed by atoms with E-state index in [-0.39, 0.29) is 11.3 Å². The Morgan fingerprint density at radius 2 is 1.27 bits per heavy atom. The van der Waals surface area contributed by atoms with Crippen LogP contribution in [0.1, 0.15) is 0 Å². The van der Waals surface area contributed by atoms with Gasteiger partial charge in [-0.05, 0) is 35.4 Å². The molecule has 0 atom stereocenters. The molecule has 1 N–H and O–H groups in total. The summed E-state index contributed by atoms with van der Waals surface area (Å²) in [6.07, 6.45) is 0. The van der Waals surface area contributed by atoms with E-state index in [2.05, 4.69) is 21.2 Å². The van der Waals surface area contributed by atoms with Gasteiger partial charge in [0.1, 0.15) is 23.9 Å². The molecule has 0 aromatic heterocycles. The average Bonchev–Trinajstić information content (AvgIpc) is 2.56. The molecule has 2 aromatic carbocycles. The summed E-state index contributed by atoms with van der Waals surface area (Å²) in [5.41, 5.74) is 2.45. The molecule has 0 fully saturated rings. The van der Waals surface area contributed by atoms with Gasteiger partial charge in [0.15, 0.2) is 5.57 Å². The second kappa shape index (κ2) is 7.09. The molecule has 104 valence electrons. The van der Waals surface area contributed by atoms with Crippen LogP contribution in [0.2, 0.25) is 0 Å². The summed E-state index contributed by atoms with van der Waals surface area (Å²) in [4.78, 5) is 0. The van der Waals surface area contributed by atoms with Gasteiger partial charge in [-0.25, -0.2) is 0 Å². The van der Waals surface area contributed by atoms with Crippen LogP contribution in [0.15, 0.2) is 64.3 Å². The molecule has 0 unspecified atom stereocenters. The Morgan fingerprint density at radius 3 is 1.73 bits per heavy atom. The normalized spacial score (nSPS) is 9.00. The fourth-order valence-corrected chi connectivity index (χ4v) is 2.08. The van der Waals surface area contributed by atoms with Crippen molar-refractivity contribution >= 4 is 21.6 Å². The maximum atomic E-state index is 9.00. The molecule has 4 nitrogen and oxygen atoms in total. The van der Waals surface area contributed by atoms with Crippen molar-refractivity contribution in [2.24, 2.45) is 0 Å². The third kappa shape index (κ3) is 3.52. The van der Waals surface area contributed by atoms with Gasteiger partial charge in [-0.3, -0.25) is 0 Å². The molecule has 0 aliphatic carbocycles. The number of hydrogen-bond acceptors (Lipinski definition) is 4. The number of rotatable bonds is 3. The lowest BCUT2D eigenvalue weighted by Gasteiger charge is -2.06. The van der Waals surface area contributed by atoms with Crippen LogP contribution in [-0.2, 0) is 0 Å². The maximum absolute atomic E-state index is 9.00. The highest BCUT2D eigenvalue weighted by Gasteiger charge is 2.06. The molecule has 22 heavy (non-hydrogen) atoms. The number of nitriles is 3. The van der Waals surface area contributed by atoms with Gasteiger partial charge in [0.25, 0.3) is 0 Å². The zero-order valence-corrected chi connectivity index (χ0v) is 12.9. The molecule has 0 amide bonds. The Bertz CT molecular complexity index is 813. The molecule has 0 bridgehead atoms. The summed E-state index contributed by atoms with van der Waals surface area (Å²) in [5.74, 6) is 0. The lowest BCUT2D eigenvalue weighted by atomic mass is 10.1. The lowest BCUT2D eigenvalue weighted by Crippen LogP contribution is -2.00. The molecular weight excluding hydrogens is 340 g/mol. The predicted molar refractivity (Wildman–Crippen MR) is 87.1 cm³/mol. The SMILES string of the molecule is N#CC(C#N)=C(C#N)Nc1ccc(-c2ccc(Br)cc2)cc1. The first-order valence-corrected chi connectivity index (χ1v) is 7.05. The topological polar surface area (TPSA) is 83.4 Å². The molecule has 0 saturated carbocycles. The van der Waals surface area contributed by atoms with Gasteiger partial charge < -0.3 is 5.32 Å². The van der Waals surface area contributed by atoms with Crippen LogP contribution in [0, 0.1) is 34.0 Å². The highest BCUT2D eigenvalue weighted by atomic mass is 79.9. The molecule has 0 aliphatic rings. The van der Waals surface area contributed by atoms with Gasteiger partial charge in [0.2, 0.25) is 0 Å². The Labute approximate surface area is 136 Å². The van der Waals surface area contributed by atoms with Gasteiger partial charge in [-0.1, -0.05) is 40.2 Å². The quantitative estimate of drug-likeness (QED) is 0.835. The second-order valence-electron chi connectivity index (χ2n) is 4.29. The molecule has 5 heteroatoms. The van der Waals surface area contributed by atoms with Gasteiger partial charge in [-0.15, -0.1) is 0 Å². The van der Waals surface area contributed by atoms with Crippen LogP contribution in [0.4, 0.5) is 5.69 Å². The van der Waals surface area contributed by atoms with Crippen molar-refractivity contribution in [1.82, 2.24) is 0 Å². The molecule has 0 radical (unpaired) electrons. The highest BCUT2D eigenvalue weighted by molar-refractivity contribution is 9.10. The van der Waals surface area contributed by atoms with E-state index in [1.54, 1.807) is 24.3 Å². The van der Waals surface area contributed by atoms with Gasteiger partial charge >= 0.3 is 0 Å². The summed E-state index contributed by atoms with van der Waals surface area (Å²) in [6.45, 7) is 0. The summed E-state index contributed by atoms with van der Waals surface area (Å²) < 4.78 is 1.01. The Kier molecular flexibility index (Phi) is 4.94. The zero-order valence-electron chi connectivity index (χ0n) is 11.3. The minimum atomic E-state index is -0.237. The first kappa shape index (κ1) is 15.3. The third-order valence-electron chi connectivity index (χ3n) is 2.92. The van der Waals surface area contributed by atoms with Crippen LogP contribution >= 0.6 is 15.9 Å². The Hall–Kier alpha value is -3.07. The van der Waals surface area contributed by atoms with E-state index in [0.29, 0.717) is 5.69 Å². The fourth-order valence-electron chi connectivity index (χ4n) is 1.82. The summed E-state index contributed by atoms with van der Waals surface area (Å²) in [5, 5.41) is 29.4. The fraction of sp³-hybridized carbons (Fsp3) is 0. The Morgan fingerprint density at radius 1 is 0.773 bits per heavy atom. The van der Waals surface area contributed by atoms with E-state index in [0.717, 1.165) is 15.6 Å². The van der Waals surface area contributed by atoms with E-state index < -0.39 is 0 Å². The maximum Gasteiger partial charge on any atom is 0.163 e. The van der Waals surface area contributed by atoms with Crippen molar-refractivity contribution in [2.75, 3.05) is 5.32 Å². The molecule has 0 heterocycles. The average molecular weight is 349 g/mol. The van der Waals surface area contributed by atoms with Crippen LogP contribution in [0.3, 0.4) is 0 Å². The van der Waals surface area contributed by atoms with Crippen molar-refractivity contribution in [3.63, 3.8) is 0 Å². The molecule has 2 rings (SSSR count). The third-order valence-corrected chi connectivity index (χ3v) is 3.45. The minimum Gasteiger partial charge on any atom is -0.345 e. The van der Waals surface area contributed by atoms with E-state index in [4.69, 9.17) is 15.8 Å². The van der Waals surface area contributed by atoms with E-state index in [1.165, 1.54) is 0 Å². The Balaban J connectivity index is 2.25. The van der Waals surface area contributed by atoms with Crippen molar-refractivity contribution in [3.8, 4) is 29.3 Å². The zero-order chi connectivity index (χ0) is 15.9. The summed E-state index contributed by atoms with van der Waals surface area (Å²) in [6, 6.07) is 20.5. The van der Waals surface area contributed by atoms with Gasteiger partial charge in [0.05, 0.1) is 0 Å². The standard InChI is InChI=1S/C17H9BrN4/c18-15-5-1-12(2-6-15)13-3-7-16(8-4-13)22-17(11-21)14(9-19)10-20/h1-8,22H. The number of benzene rings is 2. The highest BCUT2D eigenvalue weighted by Crippen LogP contribution is 2.24. The molecule has 0 saturated heterocycles. The van der Waals surface area contributed by atoms with Gasteiger partial charge in [0, 0.05) is 10.2 Å². The second-order valence-corrected chi connectivity index (χ2v) is 5.21. The summed E-state index contributed by atoms with van der Waals surface area (Å²) >= 11 is 3.39. The summed E-state index contributed by atoms with van der Waals surface area (Å²) in [7, 11) is 0. The molecular formula is C17H9BrN4. The first-order chi connectivity index (χ1) is 10.7. The number of hydrogen-bond donors (Lipinski definition) is 1. The number of halogens is 1. The van der Waals surface area contributed by atoms with Crippen LogP contribution in [0.25, 0.3) is 11.1 Å². The van der Waals surface area contributed by atoms with Crippen molar-refractivity contribution < 1.29 is 0 Å². The monoisotopic (exact) mass is 348 g/mol. The lowest BCUT2D eigenvalue weighted by molar-refractivity contribution is 1.37. The largest absolute Gasteiger partial charge is 0.345 e. The minimum absolute atomic E-state index is 0.0543. The predicted octanol–water partition coefficient (Wildman–Crippen LogP) is 4.35. The van der Waals surface area contributed by atoms with Crippen LogP contribution in [-0.4, -0.2) is 0 Å². The van der Waals surface area contributed by atoms with E-state index >= 15 is 0 Å². The van der Waals surface area contributed by atoms with Crippen molar-refractivity contribution in [2.45, 2.75) is 0 Å². The number of anilines is 1. The van der Waals surface area contributed by atoms with Crippen LogP contribution < -0.4 is 5.32 Å². The smallest absolute Gasteiger partial charge is 0.163 e. The number of nitrogens with zero attached hydrogens (tertiary/aromatic N) is 3. The first-order valence-electron chi connectivity index (χ1n) is 6.25. The van der Waals surface area contributed by atoms with E-state index in [9.17, 15) is 0 Å². The molecule has 0 spiro atoms. The van der Waals surface area contributed by atoms with Gasteiger partial charge in [-0.2, -0.15) is 15.8 Å². The molecule has 0 aliphatic heterocycles. The van der Waals surface area contributed by atoms with E-state index in [1.807, 2.05) is 42.5 Å².